The van der Waals surface area contributed by atoms with E-state index in [9.17, 15) is 0 Å². The fraction of sp³-hybridized carbons (Fsp3) is 0.455. The average molecular weight is 180 g/mol. The van der Waals surface area contributed by atoms with E-state index in [1.54, 1.807) is 0 Å². The van der Waals surface area contributed by atoms with Gasteiger partial charge >= 0.3 is 0 Å². The largest absolute Gasteiger partial charge is 0.337 e. The monoisotopic (exact) mass is 180 g/mol. The molecule has 0 N–H and O–H groups in total. The average Bonchev–Trinajstić information content (AvgIpc) is 2.13. The van der Waals surface area contributed by atoms with Crippen LogP contribution in [-0.2, 0) is 4.89 Å². The molecule has 0 aliphatic heterocycles. The van der Waals surface area contributed by atoms with Crippen molar-refractivity contribution in [2.24, 2.45) is 0 Å². The summed E-state index contributed by atoms with van der Waals surface area (Å²) in [6.45, 7) is 8.68. The highest BCUT2D eigenvalue weighted by molar-refractivity contribution is 5.42. The van der Waals surface area contributed by atoms with Crippen LogP contribution in [0.4, 0.5) is 0 Å². The first kappa shape index (κ1) is 10.1. The molecule has 0 saturated carbocycles. The maximum Gasteiger partial charge on any atom is 0.168 e. The van der Waals surface area contributed by atoms with Gasteiger partial charge in [0.25, 0.3) is 0 Å². The van der Waals surface area contributed by atoms with Crippen LogP contribution < -0.4 is 4.89 Å². The van der Waals surface area contributed by atoms with Gasteiger partial charge in [0.15, 0.2) is 5.75 Å². The number of aryl methyl sites for hydroxylation is 1. The van der Waals surface area contributed by atoms with Crippen LogP contribution in [0.15, 0.2) is 12.1 Å². The third-order valence-corrected chi connectivity index (χ3v) is 2.27. The van der Waals surface area contributed by atoms with Crippen molar-refractivity contribution < 1.29 is 9.78 Å². The minimum atomic E-state index is 0.562. The Morgan fingerprint density at radius 2 is 1.77 bits per heavy atom. The van der Waals surface area contributed by atoms with Crippen LogP contribution in [0, 0.1) is 20.8 Å². The van der Waals surface area contributed by atoms with Crippen molar-refractivity contribution in [1.82, 2.24) is 0 Å². The highest BCUT2D eigenvalue weighted by atomic mass is 17.2. The lowest BCUT2D eigenvalue weighted by atomic mass is 10.0. The Morgan fingerprint density at radius 1 is 1.08 bits per heavy atom. The van der Waals surface area contributed by atoms with E-state index in [4.69, 9.17) is 9.78 Å². The van der Waals surface area contributed by atoms with Crippen molar-refractivity contribution in [1.29, 1.82) is 0 Å². The van der Waals surface area contributed by atoms with Gasteiger partial charge < -0.3 is 4.89 Å². The SMILES string of the molecule is CCOOc1ccc(C)c(C)c1C. The van der Waals surface area contributed by atoms with Crippen molar-refractivity contribution in [3.05, 3.63) is 28.8 Å². The zero-order valence-corrected chi connectivity index (χ0v) is 8.68. The third-order valence-electron chi connectivity index (χ3n) is 2.27. The number of hydrogen-bond donors (Lipinski definition) is 0. The molecular formula is C11H16O2. The van der Waals surface area contributed by atoms with Gasteiger partial charge in [-0.2, -0.15) is 4.89 Å². The van der Waals surface area contributed by atoms with Gasteiger partial charge in [-0.3, -0.25) is 0 Å². The molecule has 0 atom stereocenters. The quantitative estimate of drug-likeness (QED) is 0.526. The molecule has 2 heteroatoms. The molecule has 0 aromatic heterocycles. The first-order valence-electron chi connectivity index (χ1n) is 4.53. The van der Waals surface area contributed by atoms with Gasteiger partial charge in [0.05, 0.1) is 6.61 Å². The summed E-state index contributed by atoms with van der Waals surface area (Å²) in [4.78, 5) is 10.0. The molecular weight excluding hydrogens is 164 g/mol. The van der Waals surface area contributed by atoms with Gasteiger partial charge in [0.2, 0.25) is 0 Å². The molecule has 1 aromatic rings. The maximum absolute atomic E-state index is 5.12. The summed E-state index contributed by atoms with van der Waals surface area (Å²) < 4.78 is 0. The van der Waals surface area contributed by atoms with E-state index in [2.05, 4.69) is 13.8 Å². The van der Waals surface area contributed by atoms with Gasteiger partial charge in [0, 0.05) is 0 Å². The predicted octanol–water partition coefficient (Wildman–Crippen LogP) is 2.94. The fourth-order valence-electron chi connectivity index (χ4n) is 1.14. The topological polar surface area (TPSA) is 18.5 Å². The van der Waals surface area contributed by atoms with Crippen LogP contribution in [0.25, 0.3) is 0 Å². The van der Waals surface area contributed by atoms with Crippen LogP contribution in [0.1, 0.15) is 23.6 Å². The van der Waals surface area contributed by atoms with Crippen molar-refractivity contribution in [2.75, 3.05) is 6.61 Å². The molecule has 1 rings (SSSR count). The summed E-state index contributed by atoms with van der Waals surface area (Å²) in [5, 5.41) is 0. The Labute approximate surface area is 79.4 Å². The van der Waals surface area contributed by atoms with Crippen LogP contribution in [0.5, 0.6) is 5.75 Å². The molecule has 1 aromatic carbocycles. The van der Waals surface area contributed by atoms with Crippen LogP contribution in [-0.4, -0.2) is 6.61 Å². The Kier molecular flexibility index (Phi) is 3.32. The lowest BCUT2D eigenvalue weighted by Crippen LogP contribution is -1.99. The molecule has 0 aliphatic carbocycles. The molecule has 0 fully saturated rings. The van der Waals surface area contributed by atoms with Gasteiger partial charge in [-0.1, -0.05) is 6.07 Å². The standard InChI is InChI=1S/C11H16O2/c1-5-12-13-11-7-6-8(2)9(3)10(11)4/h6-7H,5H2,1-4H3. The molecule has 0 spiro atoms. The fourth-order valence-corrected chi connectivity index (χ4v) is 1.14. The lowest BCUT2D eigenvalue weighted by molar-refractivity contribution is -0.202. The Morgan fingerprint density at radius 3 is 2.38 bits per heavy atom. The molecule has 13 heavy (non-hydrogen) atoms. The van der Waals surface area contributed by atoms with E-state index in [0.717, 1.165) is 11.3 Å². The van der Waals surface area contributed by atoms with Crippen molar-refractivity contribution in [3.63, 3.8) is 0 Å². The van der Waals surface area contributed by atoms with Gasteiger partial charge in [-0.05, 0) is 50.5 Å². The Bertz CT molecular complexity index is 292. The van der Waals surface area contributed by atoms with Crippen LogP contribution in [0.2, 0.25) is 0 Å². The normalized spacial score (nSPS) is 10.2. The molecule has 0 amide bonds. The first-order chi connectivity index (χ1) is 6.16. The maximum atomic E-state index is 5.12. The van der Waals surface area contributed by atoms with E-state index in [-0.39, 0.29) is 0 Å². The molecule has 0 aliphatic rings. The summed E-state index contributed by atoms with van der Waals surface area (Å²) >= 11 is 0. The Hall–Kier alpha value is -1.02. The van der Waals surface area contributed by atoms with E-state index < -0.39 is 0 Å². The summed E-state index contributed by atoms with van der Waals surface area (Å²) in [6.07, 6.45) is 0. The second-order valence-corrected chi connectivity index (χ2v) is 3.12. The van der Waals surface area contributed by atoms with Crippen LogP contribution in [0.3, 0.4) is 0 Å². The second-order valence-electron chi connectivity index (χ2n) is 3.12. The smallest absolute Gasteiger partial charge is 0.168 e. The summed E-state index contributed by atoms with van der Waals surface area (Å²) in [5.74, 6) is 0.810. The third kappa shape index (κ3) is 2.22. The molecule has 0 radical (unpaired) electrons. The molecule has 72 valence electrons. The zero-order chi connectivity index (χ0) is 9.84. The van der Waals surface area contributed by atoms with E-state index >= 15 is 0 Å². The summed E-state index contributed by atoms with van der Waals surface area (Å²) in [5.41, 5.74) is 3.69. The van der Waals surface area contributed by atoms with Gasteiger partial charge in [-0.15, -0.1) is 0 Å². The summed E-state index contributed by atoms with van der Waals surface area (Å²) in [7, 11) is 0. The zero-order valence-electron chi connectivity index (χ0n) is 8.68. The minimum Gasteiger partial charge on any atom is -0.337 e. The van der Waals surface area contributed by atoms with Gasteiger partial charge in [-0.25, -0.2) is 0 Å². The van der Waals surface area contributed by atoms with E-state index in [0.29, 0.717) is 6.61 Å². The molecule has 0 saturated heterocycles. The second kappa shape index (κ2) is 4.28. The van der Waals surface area contributed by atoms with Crippen LogP contribution >= 0.6 is 0 Å². The first-order valence-corrected chi connectivity index (χ1v) is 4.53. The Balaban J connectivity index is 2.90. The van der Waals surface area contributed by atoms with Gasteiger partial charge in [0.1, 0.15) is 0 Å². The molecule has 0 bridgehead atoms. The highest BCUT2D eigenvalue weighted by Crippen LogP contribution is 2.23. The number of benzene rings is 1. The molecule has 0 heterocycles. The van der Waals surface area contributed by atoms with E-state index in [1.165, 1.54) is 11.1 Å². The molecule has 0 unspecified atom stereocenters. The number of rotatable bonds is 3. The van der Waals surface area contributed by atoms with Crippen molar-refractivity contribution >= 4 is 0 Å². The predicted molar refractivity (Wildman–Crippen MR) is 52.9 cm³/mol. The minimum absolute atomic E-state index is 0.562. The lowest BCUT2D eigenvalue weighted by Gasteiger charge is -2.10. The molecule has 2 nitrogen and oxygen atoms in total. The highest BCUT2D eigenvalue weighted by Gasteiger charge is 2.04. The van der Waals surface area contributed by atoms with E-state index in [1.807, 2.05) is 26.0 Å². The van der Waals surface area contributed by atoms with Crippen molar-refractivity contribution in [2.45, 2.75) is 27.7 Å². The number of hydrogen-bond acceptors (Lipinski definition) is 2. The van der Waals surface area contributed by atoms with Crippen molar-refractivity contribution in [3.8, 4) is 5.75 Å². The summed E-state index contributed by atoms with van der Waals surface area (Å²) in [6, 6.07) is 3.98.